The summed E-state index contributed by atoms with van der Waals surface area (Å²) in [6.07, 6.45) is 3.98. The maximum atomic E-state index is 13.3. The molecule has 1 fully saturated rings. The molecule has 10 heteroatoms. The molecule has 2 aromatic carbocycles. The van der Waals surface area contributed by atoms with E-state index >= 15 is 0 Å². The minimum atomic E-state index is -3.92. The Hall–Kier alpha value is -2.13. The largest absolute Gasteiger partial charge is 0.352 e. The van der Waals surface area contributed by atoms with Crippen molar-refractivity contribution in [1.29, 1.82) is 0 Å². The summed E-state index contributed by atoms with van der Waals surface area (Å²) in [7, 11) is -2.58. The standard InChI is InChI=1S/C24H29Cl2N3O4S/c1-17(24(31)27-21-5-3-4-6-21)29(15-18-7-9-19(25)10-8-18)23(30)16-28(2)34(32,33)22-13-11-20(26)12-14-22/h7-14,17,21H,3-6,15-16H2,1-2H3,(H,27,31). The van der Waals surface area contributed by atoms with Crippen LogP contribution in [-0.2, 0) is 26.2 Å². The number of nitrogens with one attached hydrogen (secondary N) is 1. The van der Waals surface area contributed by atoms with Crippen molar-refractivity contribution in [3.05, 3.63) is 64.1 Å². The third-order valence-electron chi connectivity index (χ3n) is 6.01. The molecule has 184 valence electrons. The number of amides is 2. The summed E-state index contributed by atoms with van der Waals surface area (Å²) < 4.78 is 26.9. The van der Waals surface area contributed by atoms with E-state index in [1.54, 1.807) is 31.2 Å². The highest BCUT2D eigenvalue weighted by atomic mass is 35.5. The van der Waals surface area contributed by atoms with Crippen LogP contribution in [0.4, 0.5) is 0 Å². The normalized spacial score (nSPS) is 15.3. The Morgan fingerprint density at radius 1 is 1.00 bits per heavy atom. The number of carbonyl (C=O) groups is 2. The van der Waals surface area contributed by atoms with Crippen LogP contribution in [0.1, 0.15) is 38.2 Å². The van der Waals surface area contributed by atoms with Crippen LogP contribution in [-0.4, -0.2) is 55.1 Å². The van der Waals surface area contributed by atoms with E-state index in [1.165, 1.54) is 36.2 Å². The zero-order valence-electron chi connectivity index (χ0n) is 19.2. The highest BCUT2D eigenvalue weighted by Crippen LogP contribution is 2.20. The van der Waals surface area contributed by atoms with Gasteiger partial charge in [-0.2, -0.15) is 4.31 Å². The second-order valence-corrected chi connectivity index (χ2v) is 11.4. The van der Waals surface area contributed by atoms with Crippen LogP contribution in [0.3, 0.4) is 0 Å². The highest BCUT2D eigenvalue weighted by Gasteiger charge is 2.31. The molecule has 0 aliphatic heterocycles. The zero-order valence-corrected chi connectivity index (χ0v) is 21.5. The van der Waals surface area contributed by atoms with E-state index in [4.69, 9.17) is 23.2 Å². The van der Waals surface area contributed by atoms with Crippen LogP contribution in [0.5, 0.6) is 0 Å². The molecular formula is C24H29Cl2N3O4S. The second kappa shape index (κ2) is 11.5. The predicted octanol–water partition coefficient (Wildman–Crippen LogP) is 4.09. The van der Waals surface area contributed by atoms with Gasteiger partial charge in [0.25, 0.3) is 0 Å². The molecule has 3 rings (SSSR count). The number of rotatable bonds is 9. The lowest BCUT2D eigenvalue weighted by atomic mass is 10.1. The molecule has 1 N–H and O–H groups in total. The Bertz CT molecular complexity index is 1100. The van der Waals surface area contributed by atoms with Crippen LogP contribution >= 0.6 is 23.2 Å². The second-order valence-electron chi connectivity index (χ2n) is 8.53. The first-order valence-corrected chi connectivity index (χ1v) is 13.3. The topological polar surface area (TPSA) is 86.8 Å². The van der Waals surface area contributed by atoms with Crippen LogP contribution in [0.2, 0.25) is 10.0 Å². The van der Waals surface area contributed by atoms with Gasteiger partial charge in [-0.05, 0) is 61.7 Å². The Kier molecular flexibility index (Phi) is 8.98. The maximum Gasteiger partial charge on any atom is 0.243 e. The summed E-state index contributed by atoms with van der Waals surface area (Å²) in [6, 6.07) is 12.0. The van der Waals surface area contributed by atoms with Gasteiger partial charge < -0.3 is 10.2 Å². The van der Waals surface area contributed by atoms with Gasteiger partial charge in [0.1, 0.15) is 6.04 Å². The van der Waals surface area contributed by atoms with Crippen molar-refractivity contribution in [2.24, 2.45) is 0 Å². The van der Waals surface area contributed by atoms with Crippen LogP contribution < -0.4 is 5.32 Å². The third-order valence-corrected chi connectivity index (χ3v) is 8.34. The van der Waals surface area contributed by atoms with Crippen molar-refractivity contribution in [2.45, 2.75) is 56.1 Å². The molecule has 2 aromatic rings. The van der Waals surface area contributed by atoms with E-state index in [0.29, 0.717) is 10.0 Å². The number of benzene rings is 2. The van der Waals surface area contributed by atoms with Crippen molar-refractivity contribution in [2.75, 3.05) is 13.6 Å². The smallest absolute Gasteiger partial charge is 0.243 e. The molecule has 1 saturated carbocycles. The first-order valence-electron chi connectivity index (χ1n) is 11.1. The summed E-state index contributed by atoms with van der Waals surface area (Å²) >= 11 is 11.8. The fraction of sp³-hybridized carbons (Fsp3) is 0.417. The molecular weight excluding hydrogens is 497 g/mol. The number of nitrogens with zero attached hydrogens (tertiary/aromatic N) is 2. The molecule has 1 aliphatic rings. The number of hydrogen-bond donors (Lipinski definition) is 1. The van der Waals surface area contributed by atoms with Gasteiger partial charge in [-0.1, -0.05) is 48.2 Å². The Balaban J connectivity index is 1.78. The SMILES string of the molecule is CC(C(=O)NC1CCCC1)N(Cc1ccc(Cl)cc1)C(=O)CN(C)S(=O)(=O)c1ccc(Cl)cc1. The lowest BCUT2D eigenvalue weighted by Gasteiger charge is -2.31. The molecule has 0 aromatic heterocycles. The van der Waals surface area contributed by atoms with Gasteiger partial charge in [0.15, 0.2) is 0 Å². The van der Waals surface area contributed by atoms with E-state index < -0.39 is 28.5 Å². The van der Waals surface area contributed by atoms with E-state index in [-0.39, 0.29) is 23.4 Å². The molecule has 0 saturated heterocycles. The Labute approximate surface area is 211 Å². The lowest BCUT2D eigenvalue weighted by molar-refractivity contribution is -0.140. The quantitative estimate of drug-likeness (QED) is 0.534. The Morgan fingerprint density at radius 3 is 2.09 bits per heavy atom. The average molecular weight is 526 g/mol. The van der Waals surface area contributed by atoms with Crippen LogP contribution in [0.25, 0.3) is 0 Å². The van der Waals surface area contributed by atoms with Crippen molar-refractivity contribution < 1.29 is 18.0 Å². The Morgan fingerprint density at radius 2 is 1.53 bits per heavy atom. The van der Waals surface area contributed by atoms with Gasteiger partial charge in [-0.15, -0.1) is 0 Å². The molecule has 0 spiro atoms. The van der Waals surface area contributed by atoms with E-state index in [2.05, 4.69) is 5.32 Å². The highest BCUT2D eigenvalue weighted by molar-refractivity contribution is 7.89. The van der Waals surface area contributed by atoms with Gasteiger partial charge in [0.2, 0.25) is 21.8 Å². The number of sulfonamides is 1. The van der Waals surface area contributed by atoms with Crippen molar-refractivity contribution >= 4 is 45.0 Å². The number of carbonyl (C=O) groups excluding carboxylic acids is 2. The third kappa shape index (κ3) is 6.72. The van der Waals surface area contributed by atoms with Crippen molar-refractivity contribution in [3.63, 3.8) is 0 Å². The van der Waals surface area contributed by atoms with E-state index in [0.717, 1.165) is 35.6 Å². The summed E-state index contributed by atoms with van der Waals surface area (Å²) in [5, 5.41) is 3.99. The summed E-state index contributed by atoms with van der Waals surface area (Å²) in [5.41, 5.74) is 0.779. The molecule has 0 heterocycles. The van der Waals surface area contributed by atoms with Crippen molar-refractivity contribution in [1.82, 2.24) is 14.5 Å². The summed E-state index contributed by atoms with van der Waals surface area (Å²) in [6.45, 7) is 1.38. The minimum absolute atomic E-state index is 0.0310. The number of hydrogen-bond acceptors (Lipinski definition) is 4. The first-order chi connectivity index (χ1) is 16.1. The van der Waals surface area contributed by atoms with Gasteiger partial charge in [-0.3, -0.25) is 9.59 Å². The fourth-order valence-electron chi connectivity index (χ4n) is 3.91. The molecule has 2 amide bonds. The molecule has 0 radical (unpaired) electrons. The molecule has 7 nitrogen and oxygen atoms in total. The summed E-state index contributed by atoms with van der Waals surface area (Å²) in [5.74, 6) is -0.735. The molecule has 1 unspecified atom stereocenters. The number of likely N-dealkylation sites (N-methyl/N-ethyl adjacent to an activating group) is 1. The molecule has 34 heavy (non-hydrogen) atoms. The number of halogens is 2. The van der Waals surface area contributed by atoms with Gasteiger partial charge in [-0.25, -0.2) is 8.42 Å². The maximum absolute atomic E-state index is 13.3. The zero-order chi connectivity index (χ0) is 24.9. The molecule has 0 bridgehead atoms. The van der Waals surface area contributed by atoms with Gasteiger partial charge in [0, 0.05) is 29.7 Å². The monoisotopic (exact) mass is 525 g/mol. The lowest BCUT2D eigenvalue weighted by Crippen LogP contribution is -2.52. The van der Waals surface area contributed by atoms with Gasteiger partial charge in [0.05, 0.1) is 11.4 Å². The first kappa shape index (κ1) is 26.5. The minimum Gasteiger partial charge on any atom is -0.352 e. The van der Waals surface area contributed by atoms with Crippen molar-refractivity contribution in [3.8, 4) is 0 Å². The predicted molar refractivity (Wildman–Crippen MR) is 133 cm³/mol. The van der Waals surface area contributed by atoms with E-state index in [1.807, 2.05) is 0 Å². The fourth-order valence-corrected chi connectivity index (χ4v) is 5.29. The summed E-state index contributed by atoms with van der Waals surface area (Å²) in [4.78, 5) is 27.7. The molecule has 1 atom stereocenters. The average Bonchev–Trinajstić information content (AvgIpc) is 3.31. The van der Waals surface area contributed by atoms with Crippen LogP contribution in [0.15, 0.2) is 53.4 Å². The molecule has 1 aliphatic carbocycles. The van der Waals surface area contributed by atoms with Crippen LogP contribution in [0, 0.1) is 0 Å². The van der Waals surface area contributed by atoms with Gasteiger partial charge >= 0.3 is 0 Å². The van der Waals surface area contributed by atoms with E-state index in [9.17, 15) is 18.0 Å².